The molecule has 0 bridgehead atoms. The maximum absolute atomic E-state index is 12.9. The van der Waals surface area contributed by atoms with Gasteiger partial charge in [0.2, 0.25) is 0 Å². The molecule has 60 valence electrons. The Balaban J connectivity index is 2.70. The molecule has 1 aliphatic carbocycles. The molecule has 0 radical (unpaired) electrons. The van der Waals surface area contributed by atoms with Crippen LogP contribution in [0, 0.1) is 0 Å². The van der Waals surface area contributed by atoms with Gasteiger partial charge < -0.3 is 0 Å². The van der Waals surface area contributed by atoms with Crippen molar-refractivity contribution < 1.29 is 13.2 Å². The third-order valence-corrected chi connectivity index (χ3v) is 2.15. The van der Waals surface area contributed by atoms with E-state index in [0.717, 1.165) is 6.92 Å². The van der Waals surface area contributed by atoms with Crippen molar-refractivity contribution in [3.63, 3.8) is 0 Å². The fourth-order valence-electron chi connectivity index (χ4n) is 1.25. The first kappa shape index (κ1) is 7.89. The molecule has 1 saturated carbocycles. The number of alkyl halides is 3. The van der Waals surface area contributed by atoms with Crippen molar-refractivity contribution in [1.29, 1.82) is 0 Å². The molecule has 0 amide bonds. The molecule has 1 aliphatic rings. The smallest absolute Gasteiger partial charge is 0.238 e. The summed E-state index contributed by atoms with van der Waals surface area (Å²) in [5.74, 6) is -3.09. The molecule has 1 unspecified atom stereocenters. The second-order valence-electron chi connectivity index (χ2n) is 3.11. The predicted molar refractivity (Wildman–Crippen MR) is 32.9 cm³/mol. The van der Waals surface area contributed by atoms with Gasteiger partial charge in [-0.3, -0.25) is 0 Å². The highest BCUT2D eigenvalue weighted by molar-refractivity contribution is 4.92. The first-order chi connectivity index (χ1) is 4.46. The Bertz CT molecular complexity index is 113. The molecule has 0 aromatic heterocycles. The summed E-state index contributed by atoms with van der Waals surface area (Å²) in [6, 6.07) is 0. The standard InChI is InChI=1S/C7H11F3/c1-6(8)4-2-3-5-7(6,9)10/h2-5H2,1H3. The van der Waals surface area contributed by atoms with Crippen molar-refractivity contribution in [2.75, 3.05) is 0 Å². The van der Waals surface area contributed by atoms with E-state index in [9.17, 15) is 13.2 Å². The molecule has 3 heteroatoms. The highest BCUT2D eigenvalue weighted by Crippen LogP contribution is 2.43. The first-order valence-electron chi connectivity index (χ1n) is 3.52. The van der Waals surface area contributed by atoms with Gasteiger partial charge in [-0.15, -0.1) is 0 Å². The zero-order chi connectivity index (χ0) is 7.83. The third-order valence-electron chi connectivity index (χ3n) is 2.15. The monoisotopic (exact) mass is 152 g/mol. The normalized spacial score (nSPS) is 39.6. The summed E-state index contributed by atoms with van der Waals surface area (Å²) in [6.07, 6.45) is 0.745. The van der Waals surface area contributed by atoms with Gasteiger partial charge in [-0.1, -0.05) is 0 Å². The van der Waals surface area contributed by atoms with Gasteiger partial charge in [0, 0.05) is 6.42 Å². The van der Waals surface area contributed by atoms with Gasteiger partial charge in [-0.2, -0.15) is 0 Å². The lowest BCUT2D eigenvalue weighted by Crippen LogP contribution is -2.44. The topological polar surface area (TPSA) is 0 Å². The highest BCUT2D eigenvalue weighted by Gasteiger charge is 2.51. The van der Waals surface area contributed by atoms with E-state index in [-0.39, 0.29) is 12.8 Å². The lowest BCUT2D eigenvalue weighted by atomic mass is 9.84. The maximum atomic E-state index is 12.9. The molecule has 0 N–H and O–H groups in total. The van der Waals surface area contributed by atoms with Crippen LogP contribution in [-0.4, -0.2) is 11.6 Å². The maximum Gasteiger partial charge on any atom is 0.281 e. The molecule has 10 heavy (non-hydrogen) atoms. The molecule has 0 aromatic rings. The van der Waals surface area contributed by atoms with Gasteiger partial charge in [-0.25, -0.2) is 13.2 Å². The van der Waals surface area contributed by atoms with Crippen LogP contribution in [0.3, 0.4) is 0 Å². The summed E-state index contributed by atoms with van der Waals surface area (Å²) in [7, 11) is 0. The van der Waals surface area contributed by atoms with Crippen LogP contribution in [-0.2, 0) is 0 Å². The van der Waals surface area contributed by atoms with Crippen molar-refractivity contribution >= 4 is 0 Å². The van der Waals surface area contributed by atoms with E-state index in [1.807, 2.05) is 0 Å². The Morgan fingerprint density at radius 3 is 1.80 bits per heavy atom. The van der Waals surface area contributed by atoms with Crippen molar-refractivity contribution in [3.05, 3.63) is 0 Å². The Hall–Kier alpha value is -0.210. The summed E-state index contributed by atoms with van der Waals surface area (Å²) in [5, 5.41) is 0. The Labute approximate surface area is 58.4 Å². The first-order valence-corrected chi connectivity index (χ1v) is 3.52. The van der Waals surface area contributed by atoms with E-state index in [4.69, 9.17) is 0 Å². The van der Waals surface area contributed by atoms with Crippen LogP contribution in [0.25, 0.3) is 0 Å². The average molecular weight is 152 g/mol. The SMILES string of the molecule is CC1(F)CCCCC1(F)F. The number of rotatable bonds is 0. The molecule has 0 aliphatic heterocycles. The molecule has 0 saturated heterocycles. The van der Waals surface area contributed by atoms with E-state index >= 15 is 0 Å². The lowest BCUT2D eigenvalue weighted by molar-refractivity contribution is -0.153. The summed E-state index contributed by atoms with van der Waals surface area (Å²) in [4.78, 5) is 0. The molecular weight excluding hydrogens is 141 g/mol. The highest BCUT2D eigenvalue weighted by atomic mass is 19.3. The fourth-order valence-corrected chi connectivity index (χ4v) is 1.25. The van der Waals surface area contributed by atoms with Crippen LogP contribution in [0.4, 0.5) is 13.2 Å². The Morgan fingerprint density at radius 1 is 1.00 bits per heavy atom. The molecule has 0 heterocycles. The summed E-state index contributed by atoms with van der Waals surface area (Å²) >= 11 is 0. The summed E-state index contributed by atoms with van der Waals surface area (Å²) in [6.45, 7) is 0.992. The summed E-state index contributed by atoms with van der Waals surface area (Å²) in [5.41, 5.74) is -2.26. The second-order valence-corrected chi connectivity index (χ2v) is 3.11. The minimum atomic E-state index is -3.09. The predicted octanol–water partition coefficient (Wildman–Crippen LogP) is 2.92. The molecule has 1 fully saturated rings. The molecule has 1 atom stereocenters. The summed E-state index contributed by atoms with van der Waals surface area (Å²) < 4.78 is 38.1. The number of hydrogen-bond donors (Lipinski definition) is 0. The largest absolute Gasteiger partial charge is 0.281 e. The van der Waals surface area contributed by atoms with Gasteiger partial charge >= 0.3 is 0 Å². The minimum absolute atomic E-state index is 0. The number of halogens is 3. The quantitative estimate of drug-likeness (QED) is 0.500. The molecule has 0 aromatic carbocycles. The van der Waals surface area contributed by atoms with Crippen molar-refractivity contribution in [3.8, 4) is 0 Å². The average Bonchev–Trinajstić information content (AvgIpc) is 1.77. The zero-order valence-corrected chi connectivity index (χ0v) is 5.96. The van der Waals surface area contributed by atoms with E-state index < -0.39 is 11.6 Å². The Kier molecular flexibility index (Phi) is 1.69. The van der Waals surface area contributed by atoms with E-state index in [1.54, 1.807) is 0 Å². The van der Waals surface area contributed by atoms with E-state index in [1.165, 1.54) is 0 Å². The van der Waals surface area contributed by atoms with Crippen LogP contribution in [0.1, 0.15) is 32.6 Å². The van der Waals surface area contributed by atoms with Gasteiger partial charge in [-0.05, 0) is 26.2 Å². The van der Waals surface area contributed by atoms with Crippen LogP contribution in [0.2, 0.25) is 0 Å². The van der Waals surface area contributed by atoms with Crippen LogP contribution < -0.4 is 0 Å². The second kappa shape index (κ2) is 2.14. The molecule has 0 nitrogen and oxygen atoms in total. The zero-order valence-electron chi connectivity index (χ0n) is 5.96. The number of hydrogen-bond acceptors (Lipinski definition) is 0. The molecule has 0 spiro atoms. The van der Waals surface area contributed by atoms with Crippen LogP contribution >= 0.6 is 0 Å². The molecule has 1 rings (SSSR count). The van der Waals surface area contributed by atoms with Gasteiger partial charge in [0.1, 0.15) is 0 Å². The Morgan fingerprint density at radius 2 is 1.50 bits per heavy atom. The van der Waals surface area contributed by atoms with Crippen LogP contribution in [0.15, 0.2) is 0 Å². The minimum Gasteiger partial charge on any atom is -0.238 e. The van der Waals surface area contributed by atoms with Crippen molar-refractivity contribution in [2.24, 2.45) is 0 Å². The van der Waals surface area contributed by atoms with Gasteiger partial charge in [0.25, 0.3) is 5.92 Å². The fraction of sp³-hybridized carbons (Fsp3) is 1.00. The van der Waals surface area contributed by atoms with Gasteiger partial charge in [0.05, 0.1) is 0 Å². The van der Waals surface area contributed by atoms with Crippen LogP contribution in [0.5, 0.6) is 0 Å². The van der Waals surface area contributed by atoms with Crippen molar-refractivity contribution in [2.45, 2.75) is 44.2 Å². The van der Waals surface area contributed by atoms with E-state index in [2.05, 4.69) is 0 Å². The van der Waals surface area contributed by atoms with Gasteiger partial charge in [0.15, 0.2) is 5.67 Å². The van der Waals surface area contributed by atoms with E-state index in [0.29, 0.717) is 12.8 Å². The molecular formula is C7H11F3. The third kappa shape index (κ3) is 1.13. The van der Waals surface area contributed by atoms with Crippen molar-refractivity contribution in [1.82, 2.24) is 0 Å². The lowest BCUT2D eigenvalue weighted by Gasteiger charge is -2.34.